The summed E-state index contributed by atoms with van der Waals surface area (Å²) in [5.41, 5.74) is 0. The standard InChI is InChI=1S/C11H22N2O4S/c1-16-10-7-13(8-11(10)17-2)18(14,15)9-3-5-12-6-4-9/h9-12H,3-8H2,1-2H3. The van der Waals surface area contributed by atoms with Crippen LogP contribution in [0.5, 0.6) is 0 Å². The fraction of sp³-hybridized carbons (Fsp3) is 1.00. The highest BCUT2D eigenvalue weighted by molar-refractivity contribution is 7.89. The molecule has 0 aliphatic carbocycles. The van der Waals surface area contributed by atoms with Crippen molar-refractivity contribution in [3.05, 3.63) is 0 Å². The molecule has 0 aromatic carbocycles. The Hall–Kier alpha value is -0.210. The summed E-state index contributed by atoms with van der Waals surface area (Å²) in [4.78, 5) is 0. The molecule has 2 unspecified atom stereocenters. The third-order valence-corrected chi connectivity index (χ3v) is 6.19. The van der Waals surface area contributed by atoms with E-state index in [4.69, 9.17) is 9.47 Å². The SMILES string of the molecule is COC1CN(S(=O)(=O)C2CCNCC2)CC1OC. The summed E-state index contributed by atoms with van der Waals surface area (Å²) in [6.45, 7) is 2.36. The van der Waals surface area contributed by atoms with E-state index >= 15 is 0 Å². The summed E-state index contributed by atoms with van der Waals surface area (Å²) in [5.74, 6) is 0. The number of rotatable bonds is 4. The van der Waals surface area contributed by atoms with Crippen molar-refractivity contribution in [2.45, 2.75) is 30.3 Å². The van der Waals surface area contributed by atoms with Crippen LogP contribution in [0.4, 0.5) is 0 Å². The van der Waals surface area contributed by atoms with Gasteiger partial charge < -0.3 is 14.8 Å². The number of hydrogen-bond donors (Lipinski definition) is 1. The number of methoxy groups -OCH3 is 2. The Morgan fingerprint density at radius 1 is 1.06 bits per heavy atom. The molecule has 2 saturated heterocycles. The van der Waals surface area contributed by atoms with Crippen molar-refractivity contribution < 1.29 is 17.9 Å². The first kappa shape index (κ1) is 14.2. The van der Waals surface area contributed by atoms with E-state index in [9.17, 15) is 8.42 Å². The minimum Gasteiger partial charge on any atom is -0.377 e. The van der Waals surface area contributed by atoms with E-state index in [1.165, 1.54) is 4.31 Å². The third kappa shape index (κ3) is 2.70. The van der Waals surface area contributed by atoms with Gasteiger partial charge in [-0.25, -0.2) is 8.42 Å². The van der Waals surface area contributed by atoms with Crippen molar-refractivity contribution in [3.8, 4) is 0 Å². The lowest BCUT2D eigenvalue weighted by atomic mass is 10.2. The molecule has 2 aliphatic heterocycles. The van der Waals surface area contributed by atoms with Gasteiger partial charge in [-0.15, -0.1) is 0 Å². The van der Waals surface area contributed by atoms with E-state index in [0.29, 0.717) is 25.9 Å². The minimum atomic E-state index is -3.21. The van der Waals surface area contributed by atoms with Crippen LogP contribution in [0.15, 0.2) is 0 Å². The van der Waals surface area contributed by atoms with Gasteiger partial charge in [-0.2, -0.15) is 4.31 Å². The topological polar surface area (TPSA) is 67.9 Å². The zero-order valence-corrected chi connectivity index (χ0v) is 11.8. The molecule has 0 aromatic heterocycles. The Bertz CT molecular complexity index is 355. The molecule has 2 aliphatic rings. The lowest BCUT2D eigenvalue weighted by Gasteiger charge is -2.27. The molecular weight excluding hydrogens is 256 g/mol. The molecule has 6 nitrogen and oxygen atoms in total. The third-order valence-electron chi connectivity index (χ3n) is 3.85. The van der Waals surface area contributed by atoms with Crippen molar-refractivity contribution in [3.63, 3.8) is 0 Å². The van der Waals surface area contributed by atoms with E-state index in [2.05, 4.69) is 5.32 Å². The summed E-state index contributed by atoms with van der Waals surface area (Å²) in [5, 5.41) is 2.93. The predicted octanol–water partition coefficient (Wildman–Crippen LogP) is -0.586. The summed E-state index contributed by atoms with van der Waals surface area (Å²) in [7, 11) is -0.0253. The molecular formula is C11H22N2O4S. The quantitative estimate of drug-likeness (QED) is 0.745. The molecule has 2 fully saturated rings. The van der Waals surface area contributed by atoms with Crippen LogP contribution in [0.1, 0.15) is 12.8 Å². The lowest BCUT2D eigenvalue weighted by Crippen LogP contribution is -2.43. The van der Waals surface area contributed by atoms with Gasteiger partial charge in [0, 0.05) is 27.3 Å². The van der Waals surface area contributed by atoms with Gasteiger partial charge in [0.2, 0.25) is 10.0 Å². The Labute approximate surface area is 109 Å². The molecule has 106 valence electrons. The summed E-state index contributed by atoms with van der Waals surface area (Å²) >= 11 is 0. The van der Waals surface area contributed by atoms with Gasteiger partial charge in [-0.1, -0.05) is 0 Å². The largest absolute Gasteiger partial charge is 0.377 e. The van der Waals surface area contributed by atoms with Crippen LogP contribution < -0.4 is 5.32 Å². The Kier molecular flexibility index (Phi) is 4.60. The molecule has 2 rings (SSSR count). The van der Waals surface area contributed by atoms with Gasteiger partial charge in [-0.3, -0.25) is 0 Å². The lowest BCUT2D eigenvalue weighted by molar-refractivity contribution is -0.00461. The Morgan fingerprint density at radius 2 is 1.56 bits per heavy atom. The average Bonchev–Trinajstić information content (AvgIpc) is 2.83. The zero-order chi connectivity index (χ0) is 13.2. The van der Waals surface area contributed by atoms with Crippen LogP contribution in [0, 0.1) is 0 Å². The van der Waals surface area contributed by atoms with E-state index in [-0.39, 0.29) is 17.5 Å². The van der Waals surface area contributed by atoms with Crippen molar-refractivity contribution in [2.24, 2.45) is 0 Å². The first-order valence-corrected chi connectivity index (χ1v) is 7.85. The van der Waals surface area contributed by atoms with Gasteiger partial charge in [0.15, 0.2) is 0 Å². The molecule has 0 spiro atoms. The highest BCUT2D eigenvalue weighted by atomic mass is 32.2. The fourth-order valence-corrected chi connectivity index (χ4v) is 4.64. The molecule has 18 heavy (non-hydrogen) atoms. The maximum atomic E-state index is 12.5. The maximum absolute atomic E-state index is 12.5. The predicted molar refractivity (Wildman–Crippen MR) is 68.0 cm³/mol. The molecule has 7 heteroatoms. The number of sulfonamides is 1. The van der Waals surface area contributed by atoms with Crippen LogP contribution >= 0.6 is 0 Å². The maximum Gasteiger partial charge on any atom is 0.217 e. The monoisotopic (exact) mass is 278 g/mol. The van der Waals surface area contributed by atoms with Crippen LogP contribution in [0.25, 0.3) is 0 Å². The Morgan fingerprint density at radius 3 is 2.00 bits per heavy atom. The van der Waals surface area contributed by atoms with Gasteiger partial charge in [-0.05, 0) is 25.9 Å². The average molecular weight is 278 g/mol. The van der Waals surface area contributed by atoms with Crippen LogP contribution in [0.2, 0.25) is 0 Å². The van der Waals surface area contributed by atoms with E-state index < -0.39 is 10.0 Å². The Balaban J connectivity index is 2.06. The number of ether oxygens (including phenoxy) is 2. The molecule has 0 aromatic rings. The van der Waals surface area contributed by atoms with Crippen LogP contribution in [-0.4, -0.2) is 70.6 Å². The molecule has 1 N–H and O–H groups in total. The van der Waals surface area contributed by atoms with Crippen molar-refractivity contribution in [1.82, 2.24) is 9.62 Å². The number of nitrogens with zero attached hydrogens (tertiary/aromatic N) is 1. The summed E-state index contributed by atoms with van der Waals surface area (Å²) in [6, 6.07) is 0. The molecule has 0 bridgehead atoms. The van der Waals surface area contributed by atoms with E-state index in [1.54, 1.807) is 14.2 Å². The first-order chi connectivity index (χ1) is 8.59. The normalized spacial score (nSPS) is 31.9. The van der Waals surface area contributed by atoms with Crippen LogP contribution in [0.3, 0.4) is 0 Å². The van der Waals surface area contributed by atoms with Crippen molar-refractivity contribution in [2.75, 3.05) is 40.4 Å². The minimum absolute atomic E-state index is 0.161. The molecule has 0 saturated carbocycles. The molecule has 0 amide bonds. The highest BCUT2D eigenvalue weighted by Crippen LogP contribution is 2.24. The van der Waals surface area contributed by atoms with Gasteiger partial charge in [0.1, 0.15) is 0 Å². The van der Waals surface area contributed by atoms with Gasteiger partial charge >= 0.3 is 0 Å². The van der Waals surface area contributed by atoms with Gasteiger partial charge in [0.05, 0.1) is 17.5 Å². The number of piperidine rings is 1. The second-order valence-corrected chi connectivity index (χ2v) is 7.07. The smallest absolute Gasteiger partial charge is 0.217 e. The van der Waals surface area contributed by atoms with E-state index in [0.717, 1.165) is 13.1 Å². The fourth-order valence-electron chi connectivity index (χ4n) is 2.68. The second-order valence-electron chi connectivity index (χ2n) is 4.86. The number of hydrogen-bond acceptors (Lipinski definition) is 5. The summed E-state index contributed by atoms with van der Waals surface area (Å²) in [6.07, 6.45) is 1.06. The van der Waals surface area contributed by atoms with Crippen LogP contribution in [-0.2, 0) is 19.5 Å². The molecule has 2 heterocycles. The summed E-state index contributed by atoms with van der Waals surface area (Å²) < 4.78 is 37.1. The van der Waals surface area contributed by atoms with E-state index in [1.807, 2.05) is 0 Å². The highest BCUT2D eigenvalue weighted by Gasteiger charge is 2.42. The number of nitrogens with one attached hydrogen (secondary N) is 1. The molecule has 0 radical (unpaired) electrons. The second kappa shape index (κ2) is 5.83. The molecule has 2 atom stereocenters. The van der Waals surface area contributed by atoms with Gasteiger partial charge in [0.25, 0.3) is 0 Å². The zero-order valence-electron chi connectivity index (χ0n) is 11.0. The van der Waals surface area contributed by atoms with Crippen molar-refractivity contribution >= 4 is 10.0 Å². The van der Waals surface area contributed by atoms with Crippen molar-refractivity contribution in [1.29, 1.82) is 0 Å². The first-order valence-electron chi connectivity index (χ1n) is 6.35.